The van der Waals surface area contributed by atoms with Crippen molar-refractivity contribution in [1.29, 1.82) is 0 Å². The first-order valence-corrected chi connectivity index (χ1v) is 7.73. The van der Waals surface area contributed by atoms with Crippen molar-refractivity contribution in [2.24, 2.45) is 0 Å². The number of carbonyl (C=O) groups is 1. The van der Waals surface area contributed by atoms with E-state index in [1.165, 1.54) is 18.4 Å². The van der Waals surface area contributed by atoms with E-state index in [0.717, 1.165) is 17.7 Å². The molecule has 2 aromatic carbocycles. The van der Waals surface area contributed by atoms with Crippen molar-refractivity contribution in [2.75, 3.05) is 5.32 Å². The van der Waals surface area contributed by atoms with E-state index in [2.05, 4.69) is 24.4 Å². The number of benzene rings is 2. The summed E-state index contributed by atoms with van der Waals surface area (Å²) in [6.07, 6.45) is 3.44. The van der Waals surface area contributed by atoms with E-state index in [0.29, 0.717) is 0 Å². The maximum Gasteiger partial charge on any atom is 0.246 e. The van der Waals surface area contributed by atoms with Crippen LogP contribution in [-0.2, 0) is 11.2 Å². The Kier molecular flexibility index (Phi) is 5.82. The van der Waals surface area contributed by atoms with Gasteiger partial charge in [0.05, 0.1) is 0 Å². The van der Waals surface area contributed by atoms with Gasteiger partial charge in [-0.2, -0.15) is 0 Å². The maximum atomic E-state index is 12.1. The number of halogens is 1. The minimum absolute atomic E-state index is 0.204. The van der Waals surface area contributed by atoms with Gasteiger partial charge in [0.15, 0.2) is 0 Å². The Bertz CT molecular complexity index is 566. The van der Waals surface area contributed by atoms with Crippen LogP contribution in [0.5, 0.6) is 0 Å². The van der Waals surface area contributed by atoms with Crippen molar-refractivity contribution in [3.63, 3.8) is 0 Å². The molecule has 0 fully saturated rings. The number of alkyl halides is 1. The molecule has 0 bridgehead atoms. The number of aryl methyl sites for hydroxylation is 1. The molecule has 0 spiro atoms. The number of carbonyl (C=O) groups excluding carboxylic acids is 1. The highest BCUT2D eigenvalue weighted by Crippen LogP contribution is 2.22. The summed E-state index contributed by atoms with van der Waals surface area (Å²) in [6.45, 7) is 2.18. The van der Waals surface area contributed by atoms with Gasteiger partial charge in [-0.05, 0) is 36.1 Å². The highest BCUT2D eigenvalue weighted by Gasteiger charge is 2.17. The Morgan fingerprint density at radius 3 is 2.38 bits per heavy atom. The largest absolute Gasteiger partial charge is 0.325 e. The first kappa shape index (κ1) is 15.6. The summed E-state index contributed by atoms with van der Waals surface area (Å²) in [5.74, 6) is -0.204. The second kappa shape index (κ2) is 7.84. The number of hydrogen-bond donors (Lipinski definition) is 1. The summed E-state index contributed by atoms with van der Waals surface area (Å²) in [5, 5.41) is 2.18. The lowest BCUT2D eigenvalue weighted by Crippen LogP contribution is -2.17. The van der Waals surface area contributed by atoms with E-state index in [9.17, 15) is 4.79 Å². The van der Waals surface area contributed by atoms with Crippen LogP contribution in [0, 0.1) is 0 Å². The zero-order chi connectivity index (χ0) is 15.1. The standard InChI is InChI=1S/C18H20ClNO/c1-2-3-7-14-10-12-16(13-11-14)20-18(21)17(19)15-8-5-4-6-9-15/h4-6,8-13,17H,2-3,7H2,1H3,(H,20,21). The molecule has 2 aromatic rings. The van der Waals surface area contributed by atoms with Crippen LogP contribution < -0.4 is 5.32 Å². The zero-order valence-corrected chi connectivity index (χ0v) is 12.9. The number of anilines is 1. The maximum absolute atomic E-state index is 12.1. The molecule has 0 aliphatic heterocycles. The fourth-order valence-electron chi connectivity index (χ4n) is 2.11. The molecular weight excluding hydrogens is 282 g/mol. The first-order chi connectivity index (χ1) is 10.2. The molecule has 21 heavy (non-hydrogen) atoms. The van der Waals surface area contributed by atoms with Crippen LogP contribution in [0.2, 0.25) is 0 Å². The molecule has 110 valence electrons. The van der Waals surface area contributed by atoms with Gasteiger partial charge in [-0.25, -0.2) is 0 Å². The van der Waals surface area contributed by atoms with Gasteiger partial charge in [-0.3, -0.25) is 4.79 Å². The molecular formula is C18H20ClNO. The lowest BCUT2D eigenvalue weighted by Gasteiger charge is -2.11. The van der Waals surface area contributed by atoms with E-state index in [1.54, 1.807) is 0 Å². The van der Waals surface area contributed by atoms with Gasteiger partial charge < -0.3 is 5.32 Å². The predicted octanol–water partition coefficient (Wildman–Crippen LogP) is 4.95. The van der Waals surface area contributed by atoms with Gasteiger partial charge in [0.2, 0.25) is 5.91 Å². The van der Waals surface area contributed by atoms with Crippen LogP contribution in [0.3, 0.4) is 0 Å². The fourth-order valence-corrected chi connectivity index (χ4v) is 2.31. The summed E-state index contributed by atoms with van der Waals surface area (Å²) < 4.78 is 0. The minimum atomic E-state index is -0.675. The molecule has 0 aliphatic carbocycles. The normalized spacial score (nSPS) is 11.9. The Morgan fingerprint density at radius 1 is 1.10 bits per heavy atom. The average Bonchev–Trinajstić information content (AvgIpc) is 2.54. The van der Waals surface area contributed by atoms with E-state index >= 15 is 0 Å². The molecule has 0 aliphatic rings. The minimum Gasteiger partial charge on any atom is -0.325 e. The van der Waals surface area contributed by atoms with Crippen molar-refractivity contribution >= 4 is 23.2 Å². The second-order valence-corrected chi connectivity index (χ2v) is 5.50. The Balaban J connectivity index is 1.96. The molecule has 2 rings (SSSR count). The van der Waals surface area contributed by atoms with Crippen LogP contribution in [0.4, 0.5) is 5.69 Å². The van der Waals surface area contributed by atoms with Crippen LogP contribution in [0.15, 0.2) is 54.6 Å². The summed E-state index contributed by atoms with van der Waals surface area (Å²) in [7, 11) is 0. The SMILES string of the molecule is CCCCc1ccc(NC(=O)C(Cl)c2ccccc2)cc1. The molecule has 1 unspecified atom stereocenters. The predicted molar refractivity (Wildman–Crippen MR) is 88.7 cm³/mol. The van der Waals surface area contributed by atoms with E-state index < -0.39 is 5.38 Å². The van der Waals surface area contributed by atoms with Gasteiger partial charge in [0.25, 0.3) is 0 Å². The quantitative estimate of drug-likeness (QED) is 0.752. The number of nitrogens with one attached hydrogen (secondary N) is 1. The average molecular weight is 302 g/mol. The van der Waals surface area contributed by atoms with Crippen LogP contribution in [0.1, 0.15) is 36.3 Å². The van der Waals surface area contributed by atoms with Gasteiger partial charge in [-0.15, -0.1) is 11.6 Å². The Labute approximate surface area is 131 Å². The molecule has 2 nitrogen and oxygen atoms in total. The first-order valence-electron chi connectivity index (χ1n) is 7.29. The fraction of sp³-hybridized carbons (Fsp3) is 0.278. The van der Waals surface area contributed by atoms with Crippen LogP contribution >= 0.6 is 11.6 Å². The summed E-state index contributed by atoms with van der Waals surface area (Å²) in [6, 6.07) is 17.3. The molecule has 1 atom stereocenters. The zero-order valence-electron chi connectivity index (χ0n) is 12.2. The van der Waals surface area contributed by atoms with E-state index in [-0.39, 0.29) is 5.91 Å². The monoisotopic (exact) mass is 301 g/mol. The van der Waals surface area contributed by atoms with Gasteiger partial charge in [0.1, 0.15) is 5.38 Å². The third kappa shape index (κ3) is 4.61. The highest BCUT2D eigenvalue weighted by molar-refractivity contribution is 6.32. The summed E-state index contributed by atoms with van der Waals surface area (Å²) in [4.78, 5) is 12.1. The number of hydrogen-bond acceptors (Lipinski definition) is 1. The van der Waals surface area contributed by atoms with Crippen molar-refractivity contribution in [3.05, 3.63) is 65.7 Å². The topological polar surface area (TPSA) is 29.1 Å². The van der Waals surface area contributed by atoms with Crippen molar-refractivity contribution in [3.8, 4) is 0 Å². The molecule has 1 N–H and O–H groups in total. The molecule has 0 saturated carbocycles. The van der Waals surface area contributed by atoms with E-state index in [1.807, 2.05) is 42.5 Å². The highest BCUT2D eigenvalue weighted by atomic mass is 35.5. The van der Waals surface area contributed by atoms with Gasteiger partial charge >= 0.3 is 0 Å². The van der Waals surface area contributed by atoms with Crippen LogP contribution in [0.25, 0.3) is 0 Å². The van der Waals surface area contributed by atoms with Gasteiger partial charge in [-0.1, -0.05) is 55.8 Å². The Morgan fingerprint density at radius 2 is 1.76 bits per heavy atom. The lowest BCUT2D eigenvalue weighted by atomic mass is 10.1. The molecule has 0 heterocycles. The summed E-state index contributed by atoms with van der Waals surface area (Å²) in [5.41, 5.74) is 2.87. The summed E-state index contributed by atoms with van der Waals surface area (Å²) >= 11 is 6.19. The van der Waals surface area contributed by atoms with Gasteiger partial charge in [0, 0.05) is 5.69 Å². The third-order valence-electron chi connectivity index (χ3n) is 3.36. The number of rotatable bonds is 6. The smallest absolute Gasteiger partial charge is 0.246 e. The number of unbranched alkanes of at least 4 members (excludes halogenated alkanes) is 1. The van der Waals surface area contributed by atoms with Crippen LogP contribution in [-0.4, -0.2) is 5.91 Å². The molecule has 0 radical (unpaired) electrons. The molecule has 0 aromatic heterocycles. The van der Waals surface area contributed by atoms with E-state index in [4.69, 9.17) is 11.6 Å². The molecule has 1 amide bonds. The third-order valence-corrected chi connectivity index (χ3v) is 3.81. The molecule has 0 saturated heterocycles. The second-order valence-electron chi connectivity index (χ2n) is 5.06. The number of amides is 1. The van der Waals surface area contributed by atoms with Crippen molar-refractivity contribution in [1.82, 2.24) is 0 Å². The lowest BCUT2D eigenvalue weighted by molar-refractivity contribution is -0.116. The molecule has 3 heteroatoms. The van der Waals surface area contributed by atoms with Crippen molar-refractivity contribution in [2.45, 2.75) is 31.6 Å². The Hall–Kier alpha value is -1.80. The van der Waals surface area contributed by atoms with Crippen molar-refractivity contribution < 1.29 is 4.79 Å².